The van der Waals surface area contributed by atoms with E-state index < -0.39 is 6.04 Å². The molecule has 1 aliphatic heterocycles. The predicted octanol–water partition coefficient (Wildman–Crippen LogP) is 1.33. The Morgan fingerprint density at radius 3 is 2.64 bits per heavy atom. The molecule has 0 aromatic heterocycles. The van der Waals surface area contributed by atoms with Crippen LogP contribution in [0.15, 0.2) is 24.8 Å². The number of hydrogen-bond acceptors (Lipinski definition) is 5. The van der Waals surface area contributed by atoms with E-state index in [1.165, 1.54) is 23.1 Å². The third kappa shape index (κ3) is 4.56. The lowest BCUT2D eigenvalue weighted by atomic mass is 10.1. The second-order valence-electron chi connectivity index (χ2n) is 5.55. The zero-order valence-corrected chi connectivity index (χ0v) is 14.9. The number of nitrogens with zero attached hydrogens (tertiary/aromatic N) is 2. The van der Waals surface area contributed by atoms with Crippen molar-refractivity contribution < 1.29 is 19.8 Å². The summed E-state index contributed by atoms with van der Waals surface area (Å²) in [7, 11) is 0. The van der Waals surface area contributed by atoms with Gasteiger partial charge in [-0.3, -0.25) is 9.59 Å². The topological polar surface area (TPSA) is 93.1 Å². The standard InChI is InChI=1S/C16H19Cl2N3O4/c1-2-15(24)21-4-3-20(8-10(21)9-22)16(25)7-19-13-5-11(17)12(18)6-14(13)23/h2,5-6,10,19,22-23H,1,3-4,7-9H2. The van der Waals surface area contributed by atoms with Crippen molar-refractivity contribution in [2.24, 2.45) is 0 Å². The summed E-state index contributed by atoms with van der Waals surface area (Å²) in [4.78, 5) is 27.2. The SMILES string of the molecule is C=CC(=O)N1CCN(C(=O)CNc2cc(Cl)c(Cl)cc2O)CC1CO. The van der Waals surface area contributed by atoms with E-state index in [0.717, 1.165) is 0 Å². The number of phenolic OH excluding ortho intramolecular Hbond substituents is 1. The van der Waals surface area contributed by atoms with Crippen molar-refractivity contribution in [2.75, 3.05) is 38.1 Å². The molecule has 1 fully saturated rings. The van der Waals surface area contributed by atoms with Crippen molar-refractivity contribution >= 4 is 40.7 Å². The Labute approximate surface area is 155 Å². The molecule has 1 saturated heterocycles. The lowest BCUT2D eigenvalue weighted by Gasteiger charge is -2.40. The van der Waals surface area contributed by atoms with Gasteiger partial charge in [-0.15, -0.1) is 0 Å². The monoisotopic (exact) mass is 387 g/mol. The molecule has 2 rings (SSSR count). The molecule has 9 heteroatoms. The van der Waals surface area contributed by atoms with Gasteiger partial charge in [-0.2, -0.15) is 0 Å². The number of rotatable bonds is 5. The van der Waals surface area contributed by atoms with Crippen molar-refractivity contribution in [3.63, 3.8) is 0 Å². The van der Waals surface area contributed by atoms with Crippen LogP contribution in [-0.4, -0.2) is 70.7 Å². The summed E-state index contributed by atoms with van der Waals surface area (Å²) in [5, 5.41) is 22.6. The van der Waals surface area contributed by atoms with Gasteiger partial charge in [0.2, 0.25) is 11.8 Å². The summed E-state index contributed by atoms with van der Waals surface area (Å²) in [5.74, 6) is -0.614. The molecule has 3 N–H and O–H groups in total. The number of anilines is 1. The van der Waals surface area contributed by atoms with Crippen LogP contribution in [0.5, 0.6) is 5.75 Å². The first-order valence-corrected chi connectivity index (χ1v) is 8.36. The number of aromatic hydroxyl groups is 1. The molecule has 7 nitrogen and oxygen atoms in total. The minimum Gasteiger partial charge on any atom is -0.506 e. The van der Waals surface area contributed by atoms with Crippen molar-refractivity contribution in [1.29, 1.82) is 0 Å². The van der Waals surface area contributed by atoms with Crippen LogP contribution in [0, 0.1) is 0 Å². The zero-order chi connectivity index (χ0) is 18.6. The third-order valence-electron chi connectivity index (χ3n) is 3.97. The highest BCUT2D eigenvalue weighted by Crippen LogP contribution is 2.33. The van der Waals surface area contributed by atoms with Gasteiger partial charge in [-0.05, 0) is 12.1 Å². The number of amides is 2. The summed E-state index contributed by atoms with van der Waals surface area (Å²) in [6.07, 6.45) is 1.19. The van der Waals surface area contributed by atoms with E-state index >= 15 is 0 Å². The van der Waals surface area contributed by atoms with Crippen molar-refractivity contribution in [3.8, 4) is 5.75 Å². The van der Waals surface area contributed by atoms with E-state index in [-0.39, 0.29) is 47.3 Å². The average molecular weight is 388 g/mol. The van der Waals surface area contributed by atoms with Gasteiger partial charge >= 0.3 is 0 Å². The Balaban J connectivity index is 1.97. The molecule has 1 aliphatic rings. The average Bonchev–Trinajstić information content (AvgIpc) is 2.62. The van der Waals surface area contributed by atoms with E-state index in [2.05, 4.69) is 11.9 Å². The summed E-state index contributed by atoms with van der Waals surface area (Å²) >= 11 is 11.7. The highest BCUT2D eigenvalue weighted by molar-refractivity contribution is 6.42. The largest absolute Gasteiger partial charge is 0.506 e. The molecule has 1 heterocycles. The fourth-order valence-corrected chi connectivity index (χ4v) is 2.93. The number of nitrogens with one attached hydrogen (secondary N) is 1. The van der Waals surface area contributed by atoms with Crippen LogP contribution < -0.4 is 5.32 Å². The summed E-state index contributed by atoms with van der Waals surface area (Å²) in [6, 6.07) is 2.25. The van der Waals surface area contributed by atoms with Crippen LogP contribution in [0.3, 0.4) is 0 Å². The minimum atomic E-state index is -0.471. The quantitative estimate of drug-likeness (QED) is 0.523. The first-order valence-electron chi connectivity index (χ1n) is 7.61. The zero-order valence-electron chi connectivity index (χ0n) is 13.4. The number of carbonyl (C=O) groups excluding carboxylic acids is 2. The summed E-state index contributed by atoms with van der Waals surface area (Å²) < 4.78 is 0. The van der Waals surface area contributed by atoms with Crippen LogP contribution in [0.4, 0.5) is 5.69 Å². The molecule has 0 saturated carbocycles. The number of benzene rings is 1. The molecule has 1 aromatic carbocycles. The molecule has 25 heavy (non-hydrogen) atoms. The summed E-state index contributed by atoms with van der Waals surface area (Å²) in [5.41, 5.74) is 0.293. The number of aliphatic hydroxyl groups excluding tert-OH is 1. The first-order chi connectivity index (χ1) is 11.9. The predicted molar refractivity (Wildman–Crippen MR) is 96.0 cm³/mol. The van der Waals surface area contributed by atoms with Crippen LogP contribution in [0.1, 0.15) is 0 Å². The second-order valence-corrected chi connectivity index (χ2v) is 6.36. The van der Waals surface area contributed by atoms with Crippen LogP contribution in [0.25, 0.3) is 0 Å². The molecule has 1 aromatic rings. The Bertz CT molecular complexity index is 684. The normalized spacial score (nSPS) is 17.3. The molecule has 136 valence electrons. The van der Waals surface area contributed by atoms with Gasteiger partial charge in [0.1, 0.15) is 5.75 Å². The van der Waals surface area contributed by atoms with E-state index in [9.17, 15) is 19.8 Å². The maximum Gasteiger partial charge on any atom is 0.246 e. The van der Waals surface area contributed by atoms with E-state index in [0.29, 0.717) is 18.8 Å². The van der Waals surface area contributed by atoms with E-state index in [1.54, 1.807) is 4.90 Å². The smallest absolute Gasteiger partial charge is 0.246 e. The van der Waals surface area contributed by atoms with Gasteiger partial charge < -0.3 is 25.3 Å². The Hall–Kier alpha value is -1.96. The molecule has 2 amide bonds. The molecule has 0 radical (unpaired) electrons. The minimum absolute atomic E-state index is 0.0704. The number of phenols is 1. The van der Waals surface area contributed by atoms with Crippen LogP contribution in [0.2, 0.25) is 10.0 Å². The number of hydrogen-bond donors (Lipinski definition) is 3. The first kappa shape index (κ1) is 19.4. The third-order valence-corrected chi connectivity index (χ3v) is 4.69. The number of aliphatic hydroxyl groups is 1. The van der Waals surface area contributed by atoms with Gasteiger partial charge in [0.15, 0.2) is 0 Å². The highest BCUT2D eigenvalue weighted by Gasteiger charge is 2.30. The fourth-order valence-electron chi connectivity index (χ4n) is 2.61. The molecule has 0 spiro atoms. The molecule has 0 aliphatic carbocycles. The fraction of sp³-hybridized carbons (Fsp3) is 0.375. The van der Waals surface area contributed by atoms with Gasteiger partial charge in [0.05, 0.1) is 34.9 Å². The maximum absolute atomic E-state index is 12.4. The molecule has 1 atom stereocenters. The molecule has 1 unspecified atom stereocenters. The lowest BCUT2D eigenvalue weighted by Crippen LogP contribution is -2.58. The number of halogens is 2. The van der Waals surface area contributed by atoms with Crippen molar-refractivity contribution in [1.82, 2.24) is 9.80 Å². The molecular formula is C16H19Cl2N3O4. The highest BCUT2D eigenvalue weighted by atomic mass is 35.5. The maximum atomic E-state index is 12.4. The number of piperazine rings is 1. The van der Waals surface area contributed by atoms with E-state index in [1.807, 2.05) is 0 Å². The summed E-state index contributed by atoms with van der Waals surface area (Å²) in [6.45, 7) is 4.02. The Kier molecular flexibility index (Phi) is 6.52. The van der Waals surface area contributed by atoms with Gasteiger partial charge in [-0.1, -0.05) is 29.8 Å². The van der Waals surface area contributed by atoms with Crippen molar-refractivity contribution in [2.45, 2.75) is 6.04 Å². The molecular weight excluding hydrogens is 369 g/mol. The van der Waals surface area contributed by atoms with Crippen LogP contribution >= 0.6 is 23.2 Å². The number of carbonyl (C=O) groups is 2. The lowest BCUT2D eigenvalue weighted by molar-refractivity contribution is -0.140. The molecule has 0 bridgehead atoms. The van der Waals surface area contributed by atoms with Gasteiger partial charge in [0, 0.05) is 25.7 Å². The Morgan fingerprint density at radius 1 is 1.32 bits per heavy atom. The van der Waals surface area contributed by atoms with Crippen LogP contribution in [-0.2, 0) is 9.59 Å². The Morgan fingerprint density at radius 2 is 2.00 bits per heavy atom. The van der Waals surface area contributed by atoms with E-state index in [4.69, 9.17) is 23.2 Å². The van der Waals surface area contributed by atoms with Gasteiger partial charge in [0.25, 0.3) is 0 Å². The van der Waals surface area contributed by atoms with Gasteiger partial charge in [-0.25, -0.2) is 0 Å². The second kappa shape index (κ2) is 8.42. The van der Waals surface area contributed by atoms with Crippen molar-refractivity contribution in [3.05, 3.63) is 34.8 Å².